The molecule has 3 heterocycles. The van der Waals surface area contributed by atoms with E-state index >= 15 is 0 Å². The molecule has 1 amide bonds. The van der Waals surface area contributed by atoms with Gasteiger partial charge in [0.25, 0.3) is 0 Å². The van der Waals surface area contributed by atoms with E-state index in [1.165, 1.54) is 0 Å². The second kappa shape index (κ2) is 8.57. The third-order valence-electron chi connectivity index (χ3n) is 5.22. The highest BCUT2D eigenvalue weighted by atomic mass is 32.2. The van der Waals surface area contributed by atoms with Crippen molar-refractivity contribution in [3.63, 3.8) is 0 Å². The summed E-state index contributed by atoms with van der Waals surface area (Å²) in [6.07, 6.45) is 2.34. The third-order valence-corrected chi connectivity index (χ3v) is 7.76. The largest absolute Gasteiger partial charge is 0.341 e. The number of carbonyl (C=O) groups is 1. The normalized spacial score (nSPS) is 21.6. The van der Waals surface area contributed by atoms with E-state index in [2.05, 4.69) is 21.9 Å². The highest BCUT2D eigenvalue weighted by Gasteiger charge is 2.39. The van der Waals surface area contributed by atoms with Crippen LogP contribution in [0.15, 0.2) is 41.8 Å². The Bertz CT molecular complexity index is 1030. The summed E-state index contributed by atoms with van der Waals surface area (Å²) in [4.78, 5) is 15.3. The first-order valence-corrected chi connectivity index (χ1v) is 12.1. The van der Waals surface area contributed by atoms with Gasteiger partial charge in [0, 0.05) is 30.9 Å². The van der Waals surface area contributed by atoms with Crippen molar-refractivity contribution in [2.75, 3.05) is 24.4 Å². The van der Waals surface area contributed by atoms with E-state index < -0.39 is 21.3 Å². The van der Waals surface area contributed by atoms with Crippen LogP contribution in [0.5, 0.6) is 0 Å². The number of anilines is 1. The Kier molecular flexibility index (Phi) is 5.90. The van der Waals surface area contributed by atoms with Crippen molar-refractivity contribution in [3.05, 3.63) is 52.2 Å². The van der Waals surface area contributed by atoms with E-state index in [0.717, 1.165) is 36.4 Å². The molecule has 8 heteroatoms. The Balaban J connectivity index is 1.41. The van der Waals surface area contributed by atoms with E-state index in [9.17, 15) is 13.2 Å². The Hall–Kier alpha value is -2.34. The SMILES string of the molecule is O=C(C1CC(S(=O)(=O)Nc2cccc(C#Cc3cccs3)c2)CN1)N1CCCC1. The van der Waals surface area contributed by atoms with Crippen LogP contribution in [0.1, 0.15) is 29.7 Å². The molecule has 152 valence electrons. The number of amides is 1. The second-order valence-electron chi connectivity index (χ2n) is 7.31. The van der Waals surface area contributed by atoms with E-state index in [4.69, 9.17) is 0 Å². The van der Waals surface area contributed by atoms with Crippen LogP contribution in [-0.2, 0) is 14.8 Å². The number of thiophene rings is 1. The molecule has 0 radical (unpaired) electrons. The molecule has 2 aromatic rings. The Labute approximate surface area is 175 Å². The number of carbonyl (C=O) groups excluding carboxylic acids is 1. The molecule has 2 aliphatic rings. The predicted molar refractivity (Wildman–Crippen MR) is 115 cm³/mol. The van der Waals surface area contributed by atoms with Gasteiger partial charge in [-0.2, -0.15) is 0 Å². The molecule has 2 unspecified atom stereocenters. The summed E-state index contributed by atoms with van der Waals surface area (Å²) in [5.74, 6) is 6.15. The minimum absolute atomic E-state index is 0.0195. The van der Waals surface area contributed by atoms with Crippen molar-refractivity contribution < 1.29 is 13.2 Å². The van der Waals surface area contributed by atoms with Gasteiger partial charge in [-0.3, -0.25) is 9.52 Å². The van der Waals surface area contributed by atoms with Crippen molar-refractivity contribution in [3.8, 4) is 11.8 Å². The molecular weight excluding hydrogens is 406 g/mol. The van der Waals surface area contributed by atoms with Crippen molar-refractivity contribution in [2.45, 2.75) is 30.6 Å². The summed E-state index contributed by atoms with van der Waals surface area (Å²) in [6, 6.07) is 10.5. The molecule has 2 saturated heterocycles. The maximum absolute atomic E-state index is 12.8. The lowest BCUT2D eigenvalue weighted by molar-refractivity contribution is -0.131. The van der Waals surface area contributed by atoms with Crippen molar-refractivity contribution in [1.82, 2.24) is 10.2 Å². The summed E-state index contributed by atoms with van der Waals surface area (Å²) >= 11 is 1.56. The molecule has 2 fully saturated rings. The first-order chi connectivity index (χ1) is 14.0. The maximum atomic E-state index is 12.8. The minimum atomic E-state index is -3.61. The van der Waals surface area contributed by atoms with Crippen LogP contribution in [0.25, 0.3) is 0 Å². The zero-order chi connectivity index (χ0) is 20.3. The van der Waals surface area contributed by atoms with Crippen LogP contribution in [0, 0.1) is 11.8 Å². The number of benzene rings is 1. The number of rotatable bonds is 4. The number of nitrogens with zero attached hydrogens (tertiary/aromatic N) is 1. The summed E-state index contributed by atoms with van der Waals surface area (Å²) in [6.45, 7) is 1.81. The van der Waals surface area contributed by atoms with E-state index in [0.29, 0.717) is 12.1 Å². The van der Waals surface area contributed by atoms with Gasteiger partial charge >= 0.3 is 0 Å². The fourth-order valence-electron chi connectivity index (χ4n) is 3.68. The summed E-state index contributed by atoms with van der Waals surface area (Å²) in [7, 11) is -3.61. The molecular formula is C21H23N3O3S2. The number of sulfonamides is 1. The molecule has 2 atom stereocenters. The van der Waals surface area contributed by atoms with Crippen LogP contribution in [0.3, 0.4) is 0 Å². The Morgan fingerprint density at radius 3 is 2.76 bits per heavy atom. The molecule has 2 N–H and O–H groups in total. The summed E-state index contributed by atoms with van der Waals surface area (Å²) in [5.41, 5.74) is 1.22. The first-order valence-electron chi connectivity index (χ1n) is 9.71. The molecule has 2 aliphatic heterocycles. The van der Waals surface area contributed by atoms with Crippen molar-refractivity contribution >= 4 is 33.0 Å². The summed E-state index contributed by atoms with van der Waals surface area (Å²) in [5, 5.41) is 4.42. The van der Waals surface area contributed by atoms with Gasteiger partial charge in [0.05, 0.1) is 16.2 Å². The van der Waals surface area contributed by atoms with Crippen LogP contribution in [0.4, 0.5) is 5.69 Å². The maximum Gasteiger partial charge on any atom is 0.239 e. The predicted octanol–water partition coefficient (Wildman–Crippen LogP) is 2.24. The third kappa shape index (κ3) is 4.81. The summed E-state index contributed by atoms with van der Waals surface area (Å²) < 4.78 is 28.3. The van der Waals surface area contributed by atoms with Crippen LogP contribution < -0.4 is 10.0 Å². The number of hydrogen-bond donors (Lipinski definition) is 2. The van der Waals surface area contributed by atoms with Gasteiger partial charge in [0.2, 0.25) is 15.9 Å². The molecule has 1 aromatic carbocycles. The molecule has 0 saturated carbocycles. The van der Waals surface area contributed by atoms with E-state index in [1.54, 1.807) is 29.5 Å². The topological polar surface area (TPSA) is 78.5 Å². The first kappa shape index (κ1) is 20.0. The van der Waals surface area contributed by atoms with Crippen LogP contribution in [-0.4, -0.2) is 50.2 Å². The lowest BCUT2D eigenvalue weighted by Gasteiger charge is -2.20. The second-order valence-corrected chi connectivity index (χ2v) is 10.2. The average molecular weight is 430 g/mol. The van der Waals surface area contributed by atoms with E-state index in [1.807, 2.05) is 28.5 Å². The van der Waals surface area contributed by atoms with Gasteiger partial charge in [-0.25, -0.2) is 8.42 Å². The lowest BCUT2D eigenvalue weighted by Crippen LogP contribution is -2.42. The number of nitrogens with one attached hydrogen (secondary N) is 2. The zero-order valence-electron chi connectivity index (χ0n) is 15.9. The van der Waals surface area contributed by atoms with Crippen LogP contribution in [0.2, 0.25) is 0 Å². The molecule has 6 nitrogen and oxygen atoms in total. The molecule has 29 heavy (non-hydrogen) atoms. The quantitative estimate of drug-likeness (QED) is 0.731. The highest BCUT2D eigenvalue weighted by Crippen LogP contribution is 2.21. The van der Waals surface area contributed by atoms with Crippen LogP contribution >= 0.6 is 11.3 Å². The molecule has 0 bridgehead atoms. The van der Waals surface area contributed by atoms with Gasteiger partial charge in [0.1, 0.15) is 0 Å². The van der Waals surface area contributed by atoms with Crippen molar-refractivity contribution in [1.29, 1.82) is 0 Å². The molecule has 0 aliphatic carbocycles. The fourth-order valence-corrected chi connectivity index (χ4v) is 5.63. The number of likely N-dealkylation sites (tertiary alicyclic amines) is 1. The van der Waals surface area contributed by atoms with Gasteiger partial charge < -0.3 is 10.2 Å². The number of hydrogen-bond acceptors (Lipinski definition) is 5. The van der Waals surface area contributed by atoms with Gasteiger partial charge in [-0.15, -0.1) is 11.3 Å². The fraction of sp³-hybridized carbons (Fsp3) is 0.381. The smallest absolute Gasteiger partial charge is 0.239 e. The standard InChI is InChI=1S/C21H23N3O3S2/c25-21(24-10-1-2-11-24)20-14-19(15-22-20)29(26,27)23-17-6-3-5-16(13-17)8-9-18-7-4-12-28-18/h3-7,12-13,19-20,22-23H,1-2,10-11,14-15H2. The average Bonchev–Trinajstić information content (AvgIpc) is 3.49. The lowest BCUT2D eigenvalue weighted by atomic mass is 10.2. The highest BCUT2D eigenvalue weighted by molar-refractivity contribution is 7.93. The molecule has 4 rings (SSSR count). The van der Waals surface area contributed by atoms with Gasteiger partial charge in [-0.05, 0) is 48.9 Å². The van der Waals surface area contributed by atoms with Crippen molar-refractivity contribution in [2.24, 2.45) is 0 Å². The molecule has 1 aromatic heterocycles. The van der Waals surface area contributed by atoms with Gasteiger partial charge in [0.15, 0.2) is 0 Å². The minimum Gasteiger partial charge on any atom is -0.341 e. The Morgan fingerprint density at radius 2 is 2.00 bits per heavy atom. The van der Waals surface area contributed by atoms with Gasteiger partial charge in [-0.1, -0.05) is 24.0 Å². The zero-order valence-corrected chi connectivity index (χ0v) is 17.6. The monoisotopic (exact) mass is 429 g/mol. The Morgan fingerprint density at radius 1 is 1.17 bits per heavy atom. The van der Waals surface area contributed by atoms with E-state index in [-0.39, 0.29) is 12.5 Å². The molecule has 0 spiro atoms.